The van der Waals surface area contributed by atoms with Crippen LogP contribution in [0.25, 0.3) is 10.9 Å². The van der Waals surface area contributed by atoms with Crippen LogP contribution in [-0.2, 0) is 6.54 Å². The highest BCUT2D eigenvalue weighted by atomic mass is 16.2. The Morgan fingerprint density at radius 2 is 2.18 bits per heavy atom. The number of para-hydroxylation sites is 1. The van der Waals surface area contributed by atoms with Crippen molar-refractivity contribution in [1.82, 2.24) is 24.8 Å². The second kappa shape index (κ2) is 7.40. The Bertz CT molecular complexity index is 1080. The zero-order valence-electron chi connectivity index (χ0n) is 15.6. The molecule has 1 atom stereocenters. The Kier molecular flexibility index (Phi) is 4.79. The molecule has 1 fully saturated rings. The van der Waals surface area contributed by atoms with Crippen molar-refractivity contribution in [3.63, 3.8) is 0 Å². The zero-order valence-corrected chi connectivity index (χ0v) is 15.6. The lowest BCUT2D eigenvalue weighted by Crippen LogP contribution is -2.36. The van der Waals surface area contributed by atoms with Crippen molar-refractivity contribution >= 4 is 22.6 Å². The molecule has 0 bridgehead atoms. The van der Waals surface area contributed by atoms with Gasteiger partial charge < -0.3 is 15.6 Å². The van der Waals surface area contributed by atoms with Crippen molar-refractivity contribution in [2.24, 2.45) is 0 Å². The summed E-state index contributed by atoms with van der Waals surface area (Å²) in [4.78, 5) is 40.3. The number of H-pyrrole nitrogens is 1. The maximum atomic E-state index is 13.1. The number of likely N-dealkylation sites (tertiary alicyclic amines) is 1. The highest BCUT2D eigenvalue weighted by Gasteiger charge is 2.30. The Morgan fingerprint density at radius 3 is 3.00 bits per heavy atom. The molecular formula is C20H22N6O2. The smallest absolute Gasteiger partial charge is 0.254 e. The molecule has 1 aliphatic rings. The van der Waals surface area contributed by atoms with Crippen molar-refractivity contribution < 1.29 is 4.79 Å². The molecule has 1 aliphatic heterocycles. The monoisotopic (exact) mass is 378 g/mol. The van der Waals surface area contributed by atoms with Gasteiger partial charge in [0.15, 0.2) is 0 Å². The predicted octanol–water partition coefficient (Wildman–Crippen LogP) is 1.25. The van der Waals surface area contributed by atoms with Gasteiger partial charge in [0.05, 0.1) is 12.1 Å². The summed E-state index contributed by atoms with van der Waals surface area (Å²) in [6.07, 6.45) is 2.50. The first kappa shape index (κ1) is 18.1. The number of hydrogen-bond donors (Lipinski definition) is 2. The van der Waals surface area contributed by atoms with Crippen molar-refractivity contribution in [1.29, 1.82) is 0 Å². The number of nitrogens with two attached hydrogens (primary N) is 1. The van der Waals surface area contributed by atoms with Crippen LogP contribution in [0, 0.1) is 0 Å². The lowest BCUT2D eigenvalue weighted by Gasteiger charge is -2.24. The fourth-order valence-corrected chi connectivity index (χ4v) is 3.68. The van der Waals surface area contributed by atoms with E-state index in [0.29, 0.717) is 42.4 Å². The molecule has 1 amide bonds. The molecule has 0 aliphatic carbocycles. The van der Waals surface area contributed by atoms with Gasteiger partial charge in [0.2, 0.25) is 5.56 Å². The van der Waals surface area contributed by atoms with Crippen LogP contribution < -0.4 is 11.3 Å². The molecule has 0 saturated carbocycles. The third-order valence-electron chi connectivity index (χ3n) is 5.17. The van der Waals surface area contributed by atoms with Crippen molar-refractivity contribution in [3.05, 3.63) is 64.3 Å². The molecule has 8 heteroatoms. The van der Waals surface area contributed by atoms with Crippen LogP contribution in [0.15, 0.2) is 47.4 Å². The molecule has 28 heavy (non-hydrogen) atoms. The molecular weight excluding hydrogens is 356 g/mol. The first-order valence-corrected chi connectivity index (χ1v) is 9.20. The summed E-state index contributed by atoms with van der Waals surface area (Å²) in [7, 11) is 1.99. The normalized spacial score (nSPS) is 16.8. The summed E-state index contributed by atoms with van der Waals surface area (Å²) in [5.41, 5.74) is 6.57. The molecule has 4 rings (SSSR count). The minimum Gasteiger partial charge on any atom is -0.384 e. The fourth-order valence-electron chi connectivity index (χ4n) is 3.68. The fraction of sp³-hybridized carbons (Fsp3) is 0.300. The molecule has 8 nitrogen and oxygen atoms in total. The van der Waals surface area contributed by atoms with E-state index >= 15 is 0 Å². The summed E-state index contributed by atoms with van der Waals surface area (Å²) in [6.45, 7) is 1.80. The van der Waals surface area contributed by atoms with Crippen LogP contribution in [0.1, 0.15) is 22.6 Å². The number of nitrogens with one attached hydrogen (secondary N) is 1. The quantitative estimate of drug-likeness (QED) is 0.707. The number of pyridine rings is 1. The maximum absolute atomic E-state index is 13.1. The summed E-state index contributed by atoms with van der Waals surface area (Å²) < 4.78 is 0. The maximum Gasteiger partial charge on any atom is 0.254 e. The average molecular weight is 378 g/mol. The van der Waals surface area contributed by atoms with Crippen LogP contribution in [-0.4, -0.2) is 56.8 Å². The summed E-state index contributed by atoms with van der Waals surface area (Å²) in [5, 5.41) is 0.761. The van der Waals surface area contributed by atoms with E-state index in [1.165, 1.54) is 6.07 Å². The molecule has 144 valence electrons. The number of hydrogen-bond acceptors (Lipinski definition) is 6. The minimum absolute atomic E-state index is 0.113. The summed E-state index contributed by atoms with van der Waals surface area (Å²) in [6, 6.07) is 10.6. The third kappa shape index (κ3) is 3.59. The highest BCUT2D eigenvalue weighted by Crippen LogP contribution is 2.21. The van der Waals surface area contributed by atoms with E-state index in [4.69, 9.17) is 5.73 Å². The molecule has 3 N–H and O–H groups in total. The van der Waals surface area contributed by atoms with Crippen molar-refractivity contribution in [2.75, 3.05) is 25.9 Å². The second-order valence-corrected chi connectivity index (χ2v) is 7.10. The zero-order chi connectivity index (χ0) is 19.7. The van der Waals surface area contributed by atoms with E-state index in [2.05, 4.69) is 19.9 Å². The summed E-state index contributed by atoms with van der Waals surface area (Å²) >= 11 is 0. The molecule has 0 spiro atoms. The topological polar surface area (TPSA) is 108 Å². The van der Waals surface area contributed by atoms with Crippen LogP contribution in [0.2, 0.25) is 0 Å². The number of nitrogen functional groups attached to an aromatic ring is 1. The highest BCUT2D eigenvalue weighted by molar-refractivity contribution is 6.06. The molecule has 1 saturated heterocycles. The molecule has 3 aromatic rings. The first-order chi connectivity index (χ1) is 13.5. The van der Waals surface area contributed by atoms with Gasteiger partial charge in [-0.2, -0.15) is 0 Å². The molecule has 2 aromatic heterocycles. The van der Waals surface area contributed by atoms with Gasteiger partial charge in [0.25, 0.3) is 5.91 Å². The van der Waals surface area contributed by atoms with E-state index in [-0.39, 0.29) is 17.5 Å². The van der Waals surface area contributed by atoms with Crippen LogP contribution in [0.3, 0.4) is 0 Å². The number of likely N-dealkylation sites (N-methyl/N-ethyl adjacent to an activating group) is 1. The van der Waals surface area contributed by atoms with Gasteiger partial charge >= 0.3 is 0 Å². The Morgan fingerprint density at radius 1 is 1.36 bits per heavy atom. The standard InChI is InChI=1S/C20H22N6O2/c1-25(12-18-22-8-6-17(21)24-18)13-7-9-26(11-13)20(28)15-10-19(27)23-16-5-3-2-4-14(15)16/h2-6,8,10,13H,7,9,11-12H2,1H3,(H,23,27)(H2,21,22,24). The Labute approximate surface area is 162 Å². The van der Waals surface area contributed by atoms with Crippen molar-refractivity contribution in [2.45, 2.75) is 19.0 Å². The third-order valence-corrected chi connectivity index (χ3v) is 5.17. The number of anilines is 1. The van der Waals surface area contributed by atoms with Gasteiger partial charge in [-0.1, -0.05) is 18.2 Å². The van der Waals surface area contributed by atoms with Crippen LogP contribution in [0.4, 0.5) is 5.82 Å². The molecule has 1 unspecified atom stereocenters. The van der Waals surface area contributed by atoms with E-state index in [1.54, 1.807) is 18.3 Å². The van der Waals surface area contributed by atoms with Gasteiger partial charge in [-0.25, -0.2) is 9.97 Å². The molecule has 0 radical (unpaired) electrons. The average Bonchev–Trinajstić information content (AvgIpc) is 3.17. The van der Waals surface area contributed by atoms with E-state index in [0.717, 1.165) is 11.8 Å². The second-order valence-electron chi connectivity index (χ2n) is 7.10. The number of aromatic nitrogens is 3. The number of nitrogens with zero attached hydrogens (tertiary/aromatic N) is 4. The molecule has 3 heterocycles. The lowest BCUT2D eigenvalue weighted by atomic mass is 10.1. The van der Waals surface area contributed by atoms with Crippen LogP contribution in [0.5, 0.6) is 0 Å². The number of carbonyl (C=O) groups is 1. The minimum atomic E-state index is -0.270. The first-order valence-electron chi connectivity index (χ1n) is 9.20. The Balaban J connectivity index is 1.50. The number of aromatic amines is 1. The van der Waals surface area contributed by atoms with E-state index in [9.17, 15) is 9.59 Å². The number of fused-ring (bicyclic) bond motifs is 1. The predicted molar refractivity (Wildman–Crippen MR) is 107 cm³/mol. The van der Waals surface area contributed by atoms with Gasteiger partial charge in [-0.05, 0) is 25.6 Å². The molecule has 1 aromatic carbocycles. The summed E-state index contributed by atoms with van der Waals surface area (Å²) in [5.74, 6) is 0.995. The van der Waals surface area contributed by atoms with Gasteiger partial charge in [-0.3, -0.25) is 14.5 Å². The number of benzene rings is 1. The van der Waals surface area contributed by atoms with Crippen molar-refractivity contribution in [3.8, 4) is 0 Å². The van der Waals surface area contributed by atoms with Gasteiger partial charge in [-0.15, -0.1) is 0 Å². The van der Waals surface area contributed by atoms with Gasteiger partial charge in [0, 0.05) is 42.3 Å². The van der Waals surface area contributed by atoms with Crippen LogP contribution >= 0.6 is 0 Å². The van der Waals surface area contributed by atoms with Gasteiger partial charge in [0.1, 0.15) is 11.6 Å². The number of amides is 1. The van der Waals surface area contributed by atoms with E-state index < -0.39 is 0 Å². The number of rotatable bonds is 4. The largest absolute Gasteiger partial charge is 0.384 e. The Hall–Kier alpha value is -3.26. The lowest BCUT2D eigenvalue weighted by molar-refractivity contribution is 0.0781. The number of carbonyl (C=O) groups excluding carboxylic acids is 1. The SMILES string of the molecule is CN(Cc1nccc(N)n1)C1CCN(C(=O)c2cc(=O)[nH]c3ccccc23)C1. The van der Waals surface area contributed by atoms with E-state index in [1.807, 2.05) is 30.1 Å².